The largest absolute Gasteiger partial charge is 0.330 e. The van der Waals surface area contributed by atoms with Crippen molar-refractivity contribution in [1.29, 1.82) is 0 Å². The number of nitrogens with two attached hydrogens (primary N) is 1. The number of amides is 1. The summed E-state index contributed by atoms with van der Waals surface area (Å²) in [6, 6.07) is 7.25. The highest BCUT2D eigenvalue weighted by Gasteiger charge is 2.04. The van der Waals surface area contributed by atoms with Gasteiger partial charge in [-0.2, -0.15) is 0 Å². The first-order valence-corrected chi connectivity index (χ1v) is 6.36. The molecule has 1 amide bonds. The van der Waals surface area contributed by atoms with E-state index in [0.717, 1.165) is 32.2 Å². The Hall–Kier alpha value is -1.06. The Kier molecular flexibility index (Phi) is 6.67. The van der Waals surface area contributed by atoms with Gasteiger partial charge in [-0.05, 0) is 31.5 Å². The predicted molar refractivity (Wildman–Crippen MR) is 72.2 cm³/mol. The Balaban J connectivity index is 2.23. The second-order valence-corrected chi connectivity index (χ2v) is 4.39. The lowest BCUT2D eigenvalue weighted by molar-refractivity contribution is -0.116. The van der Waals surface area contributed by atoms with Crippen LogP contribution in [0.15, 0.2) is 24.3 Å². The molecule has 1 aromatic rings. The summed E-state index contributed by atoms with van der Waals surface area (Å²) in [5.41, 5.74) is 6.08. The predicted octanol–water partition coefficient (Wildman–Crippen LogP) is 3.19. The van der Waals surface area contributed by atoms with Crippen molar-refractivity contribution in [2.45, 2.75) is 32.1 Å². The van der Waals surface area contributed by atoms with Crippen molar-refractivity contribution in [2.75, 3.05) is 11.9 Å². The van der Waals surface area contributed by atoms with Crippen molar-refractivity contribution in [2.24, 2.45) is 5.73 Å². The van der Waals surface area contributed by atoms with Crippen LogP contribution in [0.4, 0.5) is 5.69 Å². The van der Waals surface area contributed by atoms with E-state index in [2.05, 4.69) is 5.32 Å². The fraction of sp³-hybridized carbons (Fsp3) is 0.462. The zero-order valence-electron chi connectivity index (χ0n) is 9.92. The monoisotopic (exact) mass is 254 g/mol. The second-order valence-electron chi connectivity index (χ2n) is 3.98. The van der Waals surface area contributed by atoms with E-state index in [4.69, 9.17) is 17.3 Å². The fourth-order valence-corrected chi connectivity index (χ4v) is 1.74. The van der Waals surface area contributed by atoms with E-state index in [1.807, 2.05) is 12.1 Å². The van der Waals surface area contributed by atoms with E-state index in [9.17, 15) is 4.79 Å². The third-order valence-electron chi connectivity index (χ3n) is 2.51. The van der Waals surface area contributed by atoms with Crippen LogP contribution < -0.4 is 11.1 Å². The maximum absolute atomic E-state index is 11.6. The first kappa shape index (κ1) is 14.0. The normalized spacial score (nSPS) is 10.2. The van der Waals surface area contributed by atoms with Gasteiger partial charge in [-0.25, -0.2) is 0 Å². The average Bonchev–Trinajstić information content (AvgIpc) is 2.32. The molecule has 0 unspecified atom stereocenters. The number of carbonyl (C=O) groups is 1. The summed E-state index contributed by atoms with van der Waals surface area (Å²) in [6.45, 7) is 0.728. The molecular formula is C13H19ClN2O. The second kappa shape index (κ2) is 8.09. The van der Waals surface area contributed by atoms with Crippen molar-refractivity contribution in [3.8, 4) is 0 Å². The van der Waals surface area contributed by atoms with Gasteiger partial charge in [0.05, 0.1) is 10.7 Å². The number of hydrogen-bond acceptors (Lipinski definition) is 2. The molecule has 0 saturated carbocycles. The van der Waals surface area contributed by atoms with Gasteiger partial charge in [0.2, 0.25) is 5.91 Å². The maximum Gasteiger partial charge on any atom is 0.224 e. The van der Waals surface area contributed by atoms with Gasteiger partial charge >= 0.3 is 0 Å². The Morgan fingerprint density at radius 1 is 1.18 bits per heavy atom. The van der Waals surface area contributed by atoms with Crippen LogP contribution in [0.2, 0.25) is 5.02 Å². The minimum atomic E-state index is 0.0193. The van der Waals surface area contributed by atoms with E-state index >= 15 is 0 Å². The van der Waals surface area contributed by atoms with Gasteiger partial charge in [-0.3, -0.25) is 4.79 Å². The van der Waals surface area contributed by atoms with Crippen LogP contribution in [0.1, 0.15) is 32.1 Å². The van der Waals surface area contributed by atoms with Crippen molar-refractivity contribution in [3.05, 3.63) is 29.3 Å². The molecule has 0 bridgehead atoms. The van der Waals surface area contributed by atoms with E-state index in [-0.39, 0.29) is 5.91 Å². The number of para-hydroxylation sites is 1. The van der Waals surface area contributed by atoms with Crippen molar-refractivity contribution < 1.29 is 4.79 Å². The summed E-state index contributed by atoms with van der Waals surface area (Å²) < 4.78 is 0. The first-order valence-electron chi connectivity index (χ1n) is 5.98. The zero-order valence-corrected chi connectivity index (χ0v) is 10.7. The number of carbonyl (C=O) groups excluding carboxylic acids is 1. The molecule has 0 atom stereocenters. The SMILES string of the molecule is NCCCCCCC(=O)Nc1ccccc1Cl. The molecule has 1 aromatic carbocycles. The minimum absolute atomic E-state index is 0.0193. The molecule has 0 heterocycles. The average molecular weight is 255 g/mol. The zero-order chi connectivity index (χ0) is 12.5. The molecule has 17 heavy (non-hydrogen) atoms. The lowest BCUT2D eigenvalue weighted by Gasteiger charge is -2.06. The van der Waals surface area contributed by atoms with Gasteiger partial charge in [-0.15, -0.1) is 0 Å². The molecule has 4 heteroatoms. The van der Waals surface area contributed by atoms with Crippen LogP contribution in [0.5, 0.6) is 0 Å². The van der Waals surface area contributed by atoms with Crippen LogP contribution >= 0.6 is 11.6 Å². The van der Waals surface area contributed by atoms with Gasteiger partial charge in [0, 0.05) is 6.42 Å². The van der Waals surface area contributed by atoms with Crippen molar-refractivity contribution in [3.63, 3.8) is 0 Å². The van der Waals surface area contributed by atoms with Gasteiger partial charge in [0.15, 0.2) is 0 Å². The van der Waals surface area contributed by atoms with E-state index < -0.39 is 0 Å². The molecule has 0 aliphatic heterocycles. The number of benzene rings is 1. The van der Waals surface area contributed by atoms with E-state index in [1.54, 1.807) is 12.1 Å². The quantitative estimate of drug-likeness (QED) is 0.735. The summed E-state index contributed by atoms with van der Waals surface area (Å²) in [5.74, 6) is 0.0193. The van der Waals surface area contributed by atoms with Crippen LogP contribution in [0.25, 0.3) is 0 Å². The summed E-state index contributed by atoms with van der Waals surface area (Å²) in [5, 5.41) is 3.38. The van der Waals surface area contributed by atoms with Crippen molar-refractivity contribution >= 4 is 23.2 Å². The Morgan fingerprint density at radius 3 is 2.59 bits per heavy atom. The molecule has 0 fully saturated rings. The molecule has 3 N–H and O–H groups in total. The summed E-state index contributed by atoms with van der Waals surface area (Å²) in [7, 11) is 0. The highest BCUT2D eigenvalue weighted by molar-refractivity contribution is 6.33. The third-order valence-corrected chi connectivity index (χ3v) is 2.84. The molecule has 0 radical (unpaired) electrons. The number of halogens is 1. The highest BCUT2D eigenvalue weighted by Crippen LogP contribution is 2.20. The molecule has 94 valence electrons. The summed E-state index contributed by atoms with van der Waals surface area (Å²) in [4.78, 5) is 11.6. The Labute approximate surface area is 107 Å². The molecule has 0 aromatic heterocycles. The Bertz CT molecular complexity index is 355. The standard InChI is InChI=1S/C13H19ClN2O/c14-11-7-4-5-8-12(11)16-13(17)9-3-1-2-6-10-15/h4-5,7-8H,1-3,6,9-10,15H2,(H,16,17). The molecule has 0 saturated heterocycles. The summed E-state index contributed by atoms with van der Waals surface area (Å²) >= 11 is 5.94. The number of rotatable bonds is 7. The van der Waals surface area contributed by atoms with Gasteiger partial charge < -0.3 is 11.1 Å². The summed E-state index contributed by atoms with van der Waals surface area (Å²) in [6.07, 6.45) is 4.61. The van der Waals surface area contributed by atoms with E-state index in [0.29, 0.717) is 17.1 Å². The maximum atomic E-state index is 11.6. The van der Waals surface area contributed by atoms with Crippen LogP contribution in [0, 0.1) is 0 Å². The van der Waals surface area contributed by atoms with Crippen LogP contribution in [-0.2, 0) is 4.79 Å². The van der Waals surface area contributed by atoms with Gasteiger partial charge in [0.25, 0.3) is 0 Å². The van der Waals surface area contributed by atoms with Crippen LogP contribution in [-0.4, -0.2) is 12.5 Å². The molecule has 1 rings (SSSR count). The number of anilines is 1. The number of nitrogens with one attached hydrogen (secondary N) is 1. The fourth-order valence-electron chi connectivity index (χ4n) is 1.56. The smallest absolute Gasteiger partial charge is 0.224 e. The molecule has 0 aliphatic rings. The number of unbranched alkanes of at least 4 members (excludes halogenated alkanes) is 3. The molecule has 0 aliphatic carbocycles. The topological polar surface area (TPSA) is 55.1 Å². The Morgan fingerprint density at radius 2 is 1.88 bits per heavy atom. The lowest BCUT2D eigenvalue weighted by Crippen LogP contribution is -2.11. The van der Waals surface area contributed by atoms with Crippen molar-refractivity contribution in [1.82, 2.24) is 0 Å². The highest BCUT2D eigenvalue weighted by atomic mass is 35.5. The molecular weight excluding hydrogens is 236 g/mol. The van der Waals surface area contributed by atoms with Gasteiger partial charge in [-0.1, -0.05) is 36.6 Å². The minimum Gasteiger partial charge on any atom is -0.330 e. The van der Waals surface area contributed by atoms with Crippen LogP contribution in [0.3, 0.4) is 0 Å². The van der Waals surface area contributed by atoms with Gasteiger partial charge in [0.1, 0.15) is 0 Å². The number of hydrogen-bond donors (Lipinski definition) is 2. The third kappa shape index (κ3) is 5.71. The molecule has 3 nitrogen and oxygen atoms in total. The lowest BCUT2D eigenvalue weighted by atomic mass is 10.1. The first-order chi connectivity index (χ1) is 8.24. The molecule has 0 spiro atoms. The van der Waals surface area contributed by atoms with E-state index in [1.165, 1.54) is 0 Å².